The quantitative estimate of drug-likeness (QED) is 0.858. The molecule has 0 aromatic heterocycles. The highest BCUT2D eigenvalue weighted by Crippen LogP contribution is 2.22. The Balaban J connectivity index is 2.01. The Morgan fingerprint density at radius 3 is 2.26 bits per heavy atom. The number of aryl methyl sites for hydroxylation is 1. The van der Waals surface area contributed by atoms with Crippen LogP contribution < -0.4 is 10.1 Å². The second-order valence-corrected chi connectivity index (χ2v) is 6.22. The molecule has 23 heavy (non-hydrogen) atoms. The van der Waals surface area contributed by atoms with Crippen molar-refractivity contribution < 1.29 is 9.53 Å². The van der Waals surface area contributed by atoms with Gasteiger partial charge in [-0.15, -0.1) is 0 Å². The van der Waals surface area contributed by atoms with Crippen LogP contribution in [0.5, 0.6) is 5.75 Å². The molecule has 0 saturated heterocycles. The van der Waals surface area contributed by atoms with Gasteiger partial charge in [0.1, 0.15) is 5.75 Å². The number of benzene rings is 2. The molecule has 122 valence electrons. The molecule has 2 aromatic carbocycles. The third-order valence-electron chi connectivity index (χ3n) is 4.07. The molecule has 0 fully saturated rings. The smallest absolute Gasteiger partial charge is 0.265 e. The van der Waals surface area contributed by atoms with Crippen LogP contribution in [-0.4, -0.2) is 12.0 Å². The molecular formula is C20H25NO2. The van der Waals surface area contributed by atoms with E-state index in [0.717, 1.165) is 22.6 Å². The van der Waals surface area contributed by atoms with Crippen molar-refractivity contribution in [3.8, 4) is 5.75 Å². The predicted octanol–water partition coefficient (Wildman–Crippen LogP) is 4.83. The summed E-state index contributed by atoms with van der Waals surface area (Å²) in [6.07, 6.45) is -0.555. The summed E-state index contributed by atoms with van der Waals surface area (Å²) in [5, 5.41) is 2.90. The van der Waals surface area contributed by atoms with Crippen molar-refractivity contribution in [3.05, 3.63) is 59.2 Å². The fraction of sp³-hybridized carbons (Fsp3) is 0.350. The normalized spacial score (nSPS) is 12.1. The molecule has 0 saturated carbocycles. The summed E-state index contributed by atoms with van der Waals surface area (Å²) in [6.45, 7) is 10.1. The van der Waals surface area contributed by atoms with Crippen molar-refractivity contribution in [2.45, 2.75) is 46.6 Å². The van der Waals surface area contributed by atoms with Crippen molar-refractivity contribution in [2.24, 2.45) is 0 Å². The van der Waals surface area contributed by atoms with E-state index in [2.05, 4.69) is 19.2 Å². The van der Waals surface area contributed by atoms with E-state index in [-0.39, 0.29) is 5.91 Å². The summed E-state index contributed by atoms with van der Waals surface area (Å²) in [6, 6.07) is 13.8. The Hall–Kier alpha value is -2.29. The molecule has 0 radical (unpaired) electrons. The van der Waals surface area contributed by atoms with Crippen molar-refractivity contribution in [1.82, 2.24) is 0 Å². The molecule has 0 aliphatic carbocycles. The molecular weight excluding hydrogens is 286 g/mol. The second kappa shape index (κ2) is 7.32. The highest BCUT2D eigenvalue weighted by atomic mass is 16.5. The summed E-state index contributed by atoms with van der Waals surface area (Å²) in [5.74, 6) is 1.08. The maximum atomic E-state index is 12.3. The molecule has 2 rings (SSSR count). The van der Waals surface area contributed by atoms with Crippen LogP contribution in [0.1, 0.15) is 43.4 Å². The van der Waals surface area contributed by atoms with E-state index in [1.807, 2.05) is 56.3 Å². The minimum Gasteiger partial charge on any atom is -0.481 e. The van der Waals surface area contributed by atoms with E-state index in [9.17, 15) is 4.79 Å². The first-order valence-corrected chi connectivity index (χ1v) is 8.02. The standard InChI is InChI=1S/C20H25NO2/c1-13(2)17-9-11-18(12-10-17)21-20(22)16(5)23-19-8-6-7-14(3)15(19)4/h6-13,16H,1-5H3,(H,21,22). The molecule has 3 heteroatoms. The number of carbonyl (C=O) groups is 1. The SMILES string of the molecule is Cc1cccc(OC(C)C(=O)Nc2ccc(C(C)C)cc2)c1C. The zero-order valence-electron chi connectivity index (χ0n) is 14.5. The first kappa shape index (κ1) is 17.1. The Morgan fingerprint density at radius 2 is 1.65 bits per heavy atom. The van der Waals surface area contributed by atoms with Crippen LogP contribution in [-0.2, 0) is 4.79 Å². The minimum atomic E-state index is -0.555. The van der Waals surface area contributed by atoms with Crippen LogP contribution >= 0.6 is 0 Å². The average molecular weight is 311 g/mol. The lowest BCUT2D eigenvalue weighted by Gasteiger charge is -2.17. The largest absolute Gasteiger partial charge is 0.481 e. The highest BCUT2D eigenvalue weighted by Gasteiger charge is 2.16. The first-order chi connectivity index (χ1) is 10.9. The van der Waals surface area contributed by atoms with Crippen LogP contribution in [0.3, 0.4) is 0 Å². The lowest BCUT2D eigenvalue weighted by Crippen LogP contribution is -2.30. The number of hydrogen-bond acceptors (Lipinski definition) is 2. The molecule has 2 aromatic rings. The van der Waals surface area contributed by atoms with E-state index in [1.165, 1.54) is 5.56 Å². The number of hydrogen-bond donors (Lipinski definition) is 1. The maximum Gasteiger partial charge on any atom is 0.265 e. The van der Waals surface area contributed by atoms with Crippen LogP contribution in [0, 0.1) is 13.8 Å². The minimum absolute atomic E-state index is 0.150. The van der Waals surface area contributed by atoms with Gasteiger partial charge in [0.25, 0.3) is 5.91 Å². The Morgan fingerprint density at radius 1 is 1.00 bits per heavy atom. The molecule has 0 aliphatic rings. The molecule has 3 nitrogen and oxygen atoms in total. The summed E-state index contributed by atoms with van der Waals surface area (Å²) in [5.41, 5.74) is 4.26. The van der Waals surface area contributed by atoms with Gasteiger partial charge < -0.3 is 10.1 Å². The summed E-state index contributed by atoms with van der Waals surface area (Å²) in [7, 11) is 0. The van der Waals surface area contributed by atoms with E-state index in [0.29, 0.717) is 5.92 Å². The van der Waals surface area contributed by atoms with E-state index in [1.54, 1.807) is 6.92 Å². The molecule has 1 unspecified atom stereocenters. The number of nitrogens with one attached hydrogen (secondary N) is 1. The monoisotopic (exact) mass is 311 g/mol. The van der Waals surface area contributed by atoms with Crippen LogP contribution in [0.2, 0.25) is 0 Å². The highest BCUT2D eigenvalue weighted by molar-refractivity contribution is 5.94. The Kier molecular flexibility index (Phi) is 5.43. The van der Waals surface area contributed by atoms with Gasteiger partial charge in [0.15, 0.2) is 6.10 Å². The van der Waals surface area contributed by atoms with Crippen molar-refractivity contribution in [2.75, 3.05) is 5.32 Å². The lowest BCUT2D eigenvalue weighted by atomic mass is 10.0. The number of anilines is 1. The third kappa shape index (κ3) is 4.35. The zero-order valence-corrected chi connectivity index (χ0v) is 14.5. The maximum absolute atomic E-state index is 12.3. The van der Waals surface area contributed by atoms with Crippen molar-refractivity contribution in [3.63, 3.8) is 0 Å². The van der Waals surface area contributed by atoms with Gasteiger partial charge in [-0.3, -0.25) is 4.79 Å². The molecule has 0 spiro atoms. The van der Waals surface area contributed by atoms with Crippen molar-refractivity contribution in [1.29, 1.82) is 0 Å². The summed E-state index contributed by atoms with van der Waals surface area (Å²) < 4.78 is 5.81. The fourth-order valence-electron chi connectivity index (χ4n) is 2.29. The lowest BCUT2D eigenvalue weighted by molar-refractivity contribution is -0.122. The van der Waals surface area contributed by atoms with E-state index >= 15 is 0 Å². The molecule has 0 bridgehead atoms. The molecule has 1 amide bonds. The Bertz CT molecular complexity index is 675. The van der Waals surface area contributed by atoms with Gasteiger partial charge >= 0.3 is 0 Å². The van der Waals surface area contributed by atoms with Crippen LogP contribution in [0.4, 0.5) is 5.69 Å². The van der Waals surface area contributed by atoms with Gasteiger partial charge in [0.2, 0.25) is 0 Å². The first-order valence-electron chi connectivity index (χ1n) is 8.02. The number of carbonyl (C=O) groups excluding carboxylic acids is 1. The van der Waals surface area contributed by atoms with E-state index < -0.39 is 6.10 Å². The molecule has 0 heterocycles. The second-order valence-electron chi connectivity index (χ2n) is 6.22. The number of amides is 1. The van der Waals surface area contributed by atoms with Gasteiger partial charge in [-0.25, -0.2) is 0 Å². The molecule has 1 atom stereocenters. The van der Waals surface area contributed by atoms with E-state index in [4.69, 9.17) is 4.74 Å². The zero-order chi connectivity index (χ0) is 17.0. The van der Waals surface area contributed by atoms with Gasteiger partial charge in [-0.05, 0) is 61.6 Å². The average Bonchev–Trinajstić information content (AvgIpc) is 2.52. The number of rotatable bonds is 5. The topological polar surface area (TPSA) is 38.3 Å². The third-order valence-corrected chi connectivity index (χ3v) is 4.07. The summed E-state index contributed by atoms with van der Waals surface area (Å²) >= 11 is 0. The van der Waals surface area contributed by atoms with Crippen LogP contribution in [0.25, 0.3) is 0 Å². The van der Waals surface area contributed by atoms with Gasteiger partial charge in [0.05, 0.1) is 0 Å². The molecule has 1 N–H and O–H groups in total. The Labute approximate surface area is 138 Å². The molecule has 0 aliphatic heterocycles. The van der Waals surface area contributed by atoms with Gasteiger partial charge in [0, 0.05) is 5.69 Å². The summed E-state index contributed by atoms with van der Waals surface area (Å²) in [4.78, 5) is 12.3. The number of ether oxygens (including phenoxy) is 1. The fourth-order valence-corrected chi connectivity index (χ4v) is 2.29. The van der Waals surface area contributed by atoms with Crippen LogP contribution in [0.15, 0.2) is 42.5 Å². The van der Waals surface area contributed by atoms with Gasteiger partial charge in [-0.1, -0.05) is 38.1 Å². The van der Waals surface area contributed by atoms with Gasteiger partial charge in [-0.2, -0.15) is 0 Å². The van der Waals surface area contributed by atoms with Crippen molar-refractivity contribution >= 4 is 11.6 Å². The predicted molar refractivity (Wildman–Crippen MR) is 95.2 cm³/mol.